The predicted molar refractivity (Wildman–Crippen MR) is 76.4 cm³/mol. The molecular weight excluding hydrogens is 244 g/mol. The van der Waals surface area contributed by atoms with E-state index in [0.717, 1.165) is 12.8 Å². The third kappa shape index (κ3) is 4.38. The van der Waals surface area contributed by atoms with Gasteiger partial charge in [-0.1, -0.05) is 36.9 Å². The van der Waals surface area contributed by atoms with E-state index in [1.54, 1.807) is 14.2 Å². The molecule has 1 aromatic carbocycles. The summed E-state index contributed by atoms with van der Waals surface area (Å²) in [7, 11) is 0.878. The SMILES string of the molecule is C=Cc1ccccc1CCCO[Si](C)(OC)OC. The van der Waals surface area contributed by atoms with Crippen molar-refractivity contribution in [3.05, 3.63) is 42.0 Å². The van der Waals surface area contributed by atoms with E-state index in [-0.39, 0.29) is 0 Å². The Morgan fingerprint density at radius 2 is 1.89 bits per heavy atom. The summed E-state index contributed by atoms with van der Waals surface area (Å²) < 4.78 is 16.2. The Bertz CT molecular complexity index is 375. The first kappa shape index (κ1) is 15.1. The second-order valence-corrected chi connectivity index (χ2v) is 6.96. The molecule has 18 heavy (non-hydrogen) atoms. The highest BCUT2D eigenvalue weighted by Gasteiger charge is 2.31. The lowest BCUT2D eigenvalue weighted by molar-refractivity contribution is 0.105. The maximum absolute atomic E-state index is 5.69. The zero-order valence-electron chi connectivity index (χ0n) is 11.4. The minimum atomic E-state index is -2.38. The zero-order valence-corrected chi connectivity index (χ0v) is 12.4. The summed E-state index contributed by atoms with van der Waals surface area (Å²) in [5, 5.41) is 0. The van der Waals surface area contributed by atoms with Crippen LogP contribution in [0.15, 0.2) is 30.8 Å². The smallest absolute Gasteiger partial charge is 0.377 e. The first-order chi connectivity index (χ1) is 8.65. The quantitative estimate of drug-likeness (QED) is 0.534. The average molecular weight is 266 g/mol. The van der Waals surface area contributed by atoms with Gasteiger partial charge in [0.25, 0.3) is 0 Å². The molecular formula is C14H22O3Si. The van der Waals surface area contributed by atoms with Crippen molar-refractivity contribution in [1.29, 1.82) is 0 Å². The molecule has 0 heterocycles. The van der Waals surface area contributed by atoms with Crippen molar-refractivity contribution < 1.29 is 13.3 Å². The van der Waals surface area contributed by atoms with Gasteiger partial charge in [0.1, 0.15) is 0 Å². The maximum Gasteiger partial charge on any atom is 0.497 e. The molecule has 0 aliphatic rings. The van der Waals surface area contributed by atoms with E-state index < -0.39 is 8.80 Å². The molecule has 0 radical (unpaired) electrons. The van der Waals surface area contributed by atoms with Crippen LogP contribution in [0.1, 0.15) is 17.5 Å². The number of rotatable bonds is 8. The van der Waals surface area contributed by atoms with E-state index in [1.165, 1.54) is 11.1 Å². The van der Waals surface area contributed by atoms with E-state index in [4.69, 9.17) is 13.3 Å². The van der Waals surface area contributed by atoms with Crippen LogP contribution in [-0.4, -0.2) is 29.6 Å². The van der Waals surface area contributed by atoms with E-state index in [9.17, 15) is 0 Å². The third-order valence-corrected chi connectivity index (χ3v) is 5.18. The van der Waals surface area contributed by atoms with E-state index in [0.29, 0.717) is 6.61 Å². The standard InChI is InChI=1S/C14H22O3Si/c1-5-13-9-6-7-10-14(13)11-8-12-17-18(4,15-2)16-3/h5-7,9-10H,1,8,11-12H2,2-4H3. The molecule has 0 amide bonds. The van der Waals surface area contributed by atoms with Crippen LogP contribution in [0.5, 0.6) is 0 Å². The molecule has 0 aliphatic carbocycles. The topological polar surface area (TPSA) is 27.7 Å². The Morgan fingerprint density at radius 3 is 2.50 bits per heavy atom. The monoisotopic (exact) mass is 266 g/mol. The van der Waals surface area contributed by atoms with Gasteiger partial charge in [0.15, 0.2) is 0 Å². The molecule has 0 atom stereocenters. The van der Waals surface area contributed by atoms with Crippen LogP contribution >= 0.6 is 0 Å². The van der Waals surface area contributed by atoms with Crippen LogP contribution in [0.4, 0.5) is 0 Å². The minimum Gasteiger partial charge on any atom is -0.377 e. The van der Waals surface area contributed by atoms with E-state index >= 15 is 0 Å². The molecule has 0 unspecified atom stereocenters. The van der Waals surface area contributed by atoms with Gasteiger partial charge >= 0.3 is 8.80 Å². The van der Waals surface area contributed by atoms with Gasteiger partial charge in [-0.3, -0.25) is 0 Å². The molecule has 0 saturated carbocycles. The Hall–Kier alpha value is -0.943. The van der Waals surface area contributed by atoms with Crippen LogP contribution in [0.2, 0.25) is 6.55 Å². The lowest BCUT2D eigenvalue weighted by atomic mass is 10.0. The molecule has 1 rings (SSSR count). The Balaban J connectivity index is 2.40. The summed E-state index contributed by atoms with van der Waals surface area (Å²) >= 11 is 0. The Labute approximate surface area is 111 Å². The van der Waals surface area contributed by atoms with E-state index in [2.05, 4.69) is 18.7 Å². The van der Waals surface area contributed by atoms with Crippen LogP contribution < -0.4 is 0 Å². The molecule has 100 valence electrons. The highest BCUT2D eigenvalue weighted by molar-refractivity contribution is 6.59. The summed E-state index contributed by atoms with van der Waals surface area (Å²) in [4.78, 5) is 0. The lowest BCUT2D eigenvalue weighted by Gasteiger charge is -2.21. The molecule has 0 fully saturated rings. The van der Waals surface area contributed by atoms with Crippen LogP contribution in [0.25, 0.3) is 6.08 Å². The number of hydrogen-bond acceptors (Lipinski definition) is 3. The van der Waals surface area contributed by atoms with Gasteiger partial charge in [0, 0.05) is 27.4 Å². The summed E-state index contributed by atoms with van der Waals surface area (Å²) in [5.41, 5.74) is 2.49. The molecule has 0 spiro atoms. The van der Waals surface area contributed by atoms with Crippen molar-refractivity contribution in [3.8, 4) is 0 Å². The fourth-order valence-corrected chi connectivity index (χ4v) is 2.60. The van der Waals surface area contributed by atoms with Crippen LogP contribution in [-0.2, 0) is 19.7 Å². The summed E-state index contributed by atoms with van der Waals surface area (Å²) in [6.07, 6.45) is 3.81. The van der Waals surface area contributed by atoms with Gasteiger partial charge in [-0.05, 0) is 24.0 Å². The Morgan fingerprint density at radius 1 is 1.22 bits per heavy atom. The summed E-state index contributed by atoms with van der Waals surface area (Å²) in [6, 6.07) is 8.27. The summed E-state index contributed by atoms with van der Waals surface area (Å²) in [6.45, 7) is 6.36. The normalized spacial score (nSPS) is 11.5. The number of benzene rings is 1. The summed E-state index contributed by atoms with van der Waals surface area (Å²) in [5.74, 6) is 0. The molecule has 0 aliphatic heterocycles. The largest absolute Gasteiger partial charge is 0.497 e. The molecule has 0 N–H and O–H groups in total. The lowest BCUT2D eigenvalue weighted by Crippen LogP contribution is -2.40. The van der Waals surface area contributed by atoms with Gasteiger partial charge in [-0.25, -0.2) is 0 Å². The first-order valence-electron chi connectivity index (χ1n) is 6.10. The van der Waals surface area contributed by atoms with Crippen molar-refractivity contribution >= 4 is 14.9 Å². The van der Waals surface area contributed by atoms with Gasteiger partial charge in [-0.15, -0.1) is 0 Å². The van der Waals surface area contributed by atoms with Crippen molar-refractivity contribution in [2.45, 2.75) is 19.4 Å². The van der Waals surface area contributed by atoms with Crippen molar-refractivity contribution in [3.63, 3.8) is 0 Å². The van der Waals surface area contributed by atoms with Gasteiger partial charge in [-0.2, -0.15) is 0 Å². The zero-order chi connectivity index (χ0) is 13.4. The van der Waals surface area contributed by atoms with Gasteiger partial charge in [0.2, 0.25) is 0 Å². The second kappa shape index (κ2) is 7.48. The number of aryl methyl sites for hydroxylation is 1. The fraction of sp³-hybridized carbons (Fsp3) is 0.429. The maximum atomic E-state index is 5.69. The van der Waals surface area contributed by atoms with Crippen molar-refractivity contribution in [2.24, 2.45) is 0 Å². The van der Waals surface area contributed by atoms with Crippen LogP contribution in [0.3, 0.4) is 0 Å². The molecule has 0 aromatic heterocycles. The number of hydrogen-bond donors (Lipinski definition) is 0. The minimum absolute atomic E-state index is 0.649. The van der Waals surface area contributed by atoms with Crippen molar-refractivity contribution in [2.75, 3.05) is 20.8 Å². The predicted octanol–water partition coefficient (Wildman–Crippen LogP) is 3.14. The van der Waals surface area contributed by atoms with Crippen LogP contribution in [0, 0.1) is 0 Å². The average Bonchev–Trinajstić information content (AvgIpc) is 2.43. The highest BCUT2D eigenvalue weighted by Crippen LogP contribution is 2.13. The first-order valence-corrected chi connectivity index (χ1v) is 8.32. The second-order valence-electron chi connectivity index (χ2n) is 4.13. The molecule has 0 saturated heterocycles. The fourth-order valence-electron chi connectivity index (χ4n) is 1.68. The third-order valence-electron chi connectivity index (χ3n) is 2.97. The highest BCUT2D eigenvalue weighted by atomic mass is 28.4. The molecule has 3 nitrogen and oxygen atoms in total. The Kier molecular flexibility index (Phi) is 6.28. The van der Waals surface area contributed by atoms with Gasteiger partial charge in [0.05, 0.1) is 0 Å². The molecule has 4 heteroatoms. The van der Waals surface area contributed by atoms with Gasteiger partial charge < -0.3 is 13.3 Å². The van der Waals surface area contributed by atoms with E-state index in [1.807, 2.05) is 24.8 Å². The molecule has 1 aromatic rings. The van der Waals surface area contributed by atoms with Crippen molar-refractivity contribution in [1.82, 2.24) is 0 Å². The molecule has 0 bridgehead atoms.